The number of benzene rings is 8. The SMILES string of the molecule is c1ccc(C2Cc3ccc4c(c3-c3ccccc32)c2ccccc2n4-c2ccc3c4ccccc4c4ccccc4c3c2)cc1. The standard InChI is InChI=1S/C44H29N/c1-2-12-28(13-3-1)39-26-29-22-25-42-44(43(29)37-19-9-8-18-35(37)39)38-20-10-11-21-41(38)45(42)30-23-24-36-33-16-5-4-14-31(33)32-15-6-7-17-34(32)40(36)27-30/h1-25,27,39H,26H2. The van der Waals surface area contributed by atoms with Crippen LogP contribution in [0.5, 0.6) is 0 Å². The maximum absolute atomic E-state index is 2.49. The molecule has 1 nitrogen and oxygen atoms in total. The molecular formula is C44H29N. The van der Waals surface area contributed by atoms with E-state index in [9.17, 15) is 0 Å². The van der Waals surface area contributed by atoms with E-state index in [0.717, 1.165) is 6.42 Å². The summed E-state index contributed by atoms with van der Waals surface area (Å²) in [6, 6.07) is 58.5. The van der Waals surface area contributed by atoms with Gasteiger partial charge in [-0.1, -0.05) is 133 Å². The molecule has 1 aliphatic carbocycles. The monoisotopic (exact) mass is 571 g/mol. The molecule has 0 amide bonds. The number of nitrogens with zero attached hydrogens (tertiary/aromatic N) is 1. The van der Waals surface area contributed by atoms with E-state index < -0.39 is 0 Å². The summed E-state index contributed by atoms with van der Waals surface area (Å²) in [4.78, 5) is 0. The van der Waals surface area contributed by atoms with Crippen molar-refractivity contribution in [2.45, 2.75) is 12.3 Å². The Bertz CT molecular complexity index is 2590. The lowest BCUT2D eigenvalue weighted by Gasteiger charge is -2.29. The zero-order chi connectivity index (χ0) is 29.5. The van der Waals surface area contributed by atoms with Crippen molar-refractivity contribution in [3.05, 3.63) is 174 Å². The van der Waals surface area contributed by atoms with Crippen molar-refractivity contribution in [2.24, 2.45) is 0 Å². The van der Waals surface area contributed by atoms with Crippen LogP contribution in [0, 0.1) is 0 Å². The predicted molar refractivity (Wildman–Crippen MR) is 191 cm³/mol. The van der Waals surface area contributed by atoms with Gasteiger partial charge in [-0.2, -0.15) is 0 Å². The van der Waals surface area contributed by atoms with Crippen molar-refractivity contribution in [3.63, 3.8) is 0 Å². The zero-order valence-corrected chi connectivity index (χ0v) is 24.7. The molecule has 1 aliphatic rings. The molecule has 8 aromatic carbocycles. The first-order valence-electron chi connectivity index (χ1n) is 15.9. The molecule has 9 aromatic rings. The summed E-state index contributed by atoms with van der Waals surface area (Å²) >= 11 is 0. The van der Waals surface area contributed by atoms with Crippen LogP contribution in [-0.4, -0.2) is 4.57 Å². The van der Waals surface area contributed by atoms with Gasteiger partial charge in [0.05, 0.1) is 11.0 Å². The molecule has 0 aliphatic heterocycles. The first-order valence-corrected chi connectivity index (χ1v) is 15.9. The van der Waals surface area contributed by atoms with Gasteiger partial charge in [-0.15, -0.1) is 0 Å². The average molecular weight is 572 g/mol. The van der Waals surface area contributed by atoms with Gasteiger partial charge in [0.1, 0.15) is 0 Å². The molecule has 10 rings (SSSR count). The third kappa shape index (κ3) is 3.50. The smallest absolute Gasteiger partial charge is 0.0547 e. The lowest BCUT2D eigenvalue weighted by atomic mass is 9.74. The fourth-order valence-electron chi connectivity index (χ4n) is 8.24. The van der Waals surface area contributed by atoms with Gasteiger partial charge < -0.3 is 4.57 Å². The van der Waals surface area contributed by atoms with Crippen molar-refractivity contribution in [2.75, 3.05) is 0 Å². The highest BCUT2D eigenvalue weighted by Crippen LogP contribution is 2.48. The van der Waals surface area contributed by atoms with Crippen LogP contribution in [0.25, 0.3) is 70.9 Å². The fraction of sp³-hybridized carbons (Fsp3) is 0.0455. The molecule has 1 heteroatoms. The third-order valence-corrected chi connectivity index (χ3v) is 10.1. The predicted octanol–water partition coefficient (Wildman–Crippen LogP) is 11.6. The summed E-state index contributed by atoms with van der Waals surface area (Å²) in [5.41, 5.74) is 10.7. The molecule has 0 N–H and O–H groups in total. The number of para-hydroxylation sites is 1. The Hall–Kier alpha value is -5.66. The van der Waals surface area contributed by atoms with E-state index in [4.69, 9.17) is 0 Å². The highest BCUT2D eigenvalue weighted by atomic mass is 15.0. The Kier molecular flexibility index (Phi) is 5.18. The van der Waals surface area contributed by atoms with Gasteiger partial charge in [-0.25, -0.2) is 0 Å². The van der Waals surface area contributed by atoms with Gasteiger partial charge in [0.25, 0.3) is 0 Å². The zero-order valence-electron chi connectivity index (χ0n) is 24.7. The van der Waals surface area contributed by atoms with E-state index in [1.807, 2.05) is 0 Å². The summed E-state index contributed by atoms with van der Waals surface area (Å²) in [6.45, 7) is 0. The van der Waals surface area contributed by atoms with E-state index in [1.54, 1.807) is 0 Å². The van der Waals surface area contributed by atoms with E-state index in [0.29, 0.717) is 5.92 Å². The minimum Gasteiger partial charge on any atom is -0.309 e. The van der Waals surface area contributed by atoms with Crippen LogP contribution in [0.3, 0.4) is 0 Å². The van der Waals surface area contributed by atoms with Crippen molar-refractivity contribution in [3.8, 4) is 16.8 Å². The van der Waals surface area contributed by atoms with Gasteiger partial charge in [0.15, 0.2) is 0 Å². The van der Waals surface area contributed by atoms with Crippen LogP contribution in [0.15, 0.2) is 158 Å². The van der Waals surface area contributed by atoms with Gasteiger partial charge >= 0.3 is 0 Å². The fourth-order valence-corrected chi connectivity index (χ4v) is 8.24. The molecule has 210 valence electrons. The Morgan fingerprint density at radius 1 is 0.444 bits per heavy atom. The lowest BCUT2D eigenvalue weighted by Crippen LogP contribution is -2.13. The maximum Gasteiger partial charge on any atom is 0.0547 e. The molecule has 0 fully saturated rings. The normalized spacial score (nSPS) is 14.4. The molecule has 1 unspecified atom stereocenters. The highest BCUT2D eigenvalue weighted by molar-refractivity contribution is 6.26. The van der Waals surface area contributed by atoms with Crippen LogP contribution in [0.2, 0.25) is 0 Å². The number of hydrogen-bond acceptors (Lipinski definition) is 0. The van der Waals surface area contributed by atoms with E-state index in [1.165, 1.54) is 87.6 Å². The van der Waals surface area contributed by atoms with Gasteiger partial charge in [0, 0.05) is 22.4 Å². The number of fused-ring (bicyclic) bond motifs is 13. The second kappa shape index (κ2) is 9.42. The molecule has 0 spiro atoms. The van der Waals surface area contributed by atoms with Crippen molar-refractivity contribution in [1.29, 1.82) is 0 Å². The summed E-state index contributed by atoms with van der Waals surface area (Å²) in [6.07, 6.45) is 1.00. The van der Waals surface area contributed by atoms with E-state index >= 15 is 0 Å². The Balaban J connectivity index is 1.28. The number of rotatable bonds is 2. The second-order valence-corrected chi connectivity index (χ2v) is 12.4. The quantitative estimate of drug-likeness (QED) is 0.182. The van der Waals surface area contributed by atoms with Crippen LogP contribution in [-0.2, 0) is 6.42 Å². The van der Waals surface area contributed by atoms with E-state index in [-0.39, 0.29) is 0 Å². The molecule has 45 heavy (non-hydrogen) atoms. The molecule has 1 atom stereocenters. The van der Waals surface area contributed by atoms with Crippen LogP contribution < -0.4 is 0 Å². The van der Waals surface area contributed by atoms with E-state index in [2.05, 4.69) is 162 Å². The van der Waals surface area contributed by atoms with Gasteiger partial charge in [-0.3, -0.25) is 0 Å². The largest absolute Gasteiger partial charge is 0.309 e. The minimum absolute atomic E-state index is 0.351. The average Bonchev–Trinajstić information content (AvgIpc) is 3.46. The first kappa shape index (κ1) is 24.7. The van der Waals surface area contributed by atoms with Crippen molar-refractivity contribution < 1.29 is 0 Å². The van der Waals surface area contributed by atoms with Crippen LogP contribution >= 0.6 is 0 Å². The topological polar surface area (TPSA) is 4.93 Å². The summed E-state index contributed by atoms with van der Waals surface area (Å²) in [5.74, 6) is 0.351. The van der Waals surface area contributed by atoms with Crippen molar-refractivity contribution >= 4 is 54.1 Å². The number of aromatic nitrogens is 1. The molecule has 0 bridgehead atoms. The molecule has 1 heterocycles. The second-order valence-electron chi connectivity index (χ2n) is 12.4. The Morgan fingerprint density at radius 2 is 1.04 bits per heavy atom. The molecule has 0 radical (unpaired) electrons. The summed E-state index contributed by atoms with van der Waals surface area (Å²) < 4.78 is 2.49. The number of hydrogen-bond donors (Lipinski definition) is 0. The molecule has 1 aromatic heterocycles. The minimum atomic E-state index is 0.351. The Labute approximate surface area is 261 Å². The van der Waals surface area contributed by atoms with Gasteiger partial charge in [-0.05, 0) is 90.8 Å². The maximum atomic E-state index is 2.49. The Morgan fingerprint density at radius 3 is 1.80 bits per heavy atom. The highest BCUT2D eigenvalue weighted by Gasteiger charge is 2.29. The van der Waals surface area contributed by atoms with Gasteiger partial charge in [0.2, 0.25) is 0 Å². The van der Waals surface area contributed by atoms with Crippen LogP contribution in [0.4, 0.5) is 0 Å². The first-order chi connectivity index (χ1) is 22.3. The van der Waals surface area contributed by atoms with Crippen molar-refractivity contribution in [1.82, 2.24) is 4.57 Å². The third-order valence-electron chi connectivity index (χ3n) is 10.1. The summed E-state index contributed by atoms with van der Waals surface area (Å²) in [7, 11) is 0. The summed E-state index contributed by atoms with van der Waals surface area (Å²) in [5, 5.41) is 10.5. The van der Waals surface area contributed by atoms with Crippen LogP contribution in [0.1, 0.15) is 22.6 Å². The molecule has 0 saturated carbocycles. The lowest BCUT2D eigenvalue weighted by molar-refractivity contribution is 0.795. The molecule has 0 saturated heterocycles. The molecular weight excluding hydrogens is 542 g/mol.